The molecule has 1 aromatic rings. The molecule has 3 heteroatoms. The van der Waals surface area contributed by atoms with Gasteiger partial charge in [0.15, 0.2) is 0 Å². The van der Waals surface area contributed by atoms with Gasteiger partial charge in [-0.15, -0.1) is 0 Å². The van der Waals surface area contributed by atoms with Crippen molar-refractivity contribution in [2.45, 2.75) is 27.7 Å². The maximum atomic E-state index is 10.6. The highest BCUT2D eigenvalue weighted by Gasteiger charge is 2.08. The van der Waals surface area contributed by atoms with Gasteiger partial charge in [-0.25, -0.2) is 4.79 Å². The van der Waals surface area contributed by atoms with Gasteiger partial charge in [-0.2, -0.15) is 0 Å². The molecular weight excluding hydrogens is 240 g/mol. The molecule has 0 bridgehead atoms. The molecule has 0 radical (unpaired) electrons. The fraction of sp³-hybridized carbons (Fsp3) is 0.312. The van der Waals surface area contributed by atoms with Gasteiger partial charge >= 0.3 is 5.97 Å². The van der Waals surface area contributed by atoms with Crippen LogP contribution in [0, 0.1) is 20.8 Å². The first-order valence-corrected chi connectivity index (χ1v) is 6.11. The number of methoxy groups -OCH3 is 1. The largest absolute Gasteiger partial charge is 0.496 e. The Morgan fingerprint density at radius 1 is 1.26 bits per heavy atom. The summed E-state index contributed by atoms with van der Waals surface area (Å²) in [5.74, 6) is -0.0496. The zero-order chi connectivity index (χ0) is 14.6. The first kappa shape index (κ1) is 15.0. The topological polar surface area (TPSA) is 46.5 Å². The van der Waals surface area contributed by atoms with Crippen LogP contribution in [-0.4, -0.2) is 18.2 Å². The summed E-state index contributed by atoms with van der Waals surface area (Å²) in [5.41, 5.74) is 5.18. The lowest BCUT2D eigenvalue weighted by Gasteiger charge is -2.13. The van der Waals surface area contributed by atoms with Gasteiger partial charge in [-0.1, -0.05) is 12.2 Å². The summed E-state index contributed by atoms with van der Waals surface area (Å²) in [6.07, 6.45) is 4.96. The van der Waals surface area contributed by atoms with E-state index in [1.54, 1.807) is 14.0 Å². The van der Waals surface area contributed by atoms with Crippen molar-refractivity contribution in [1.82, 2.24) is 0 Å². The van der Waals surface area contributed by atoms with E-state index in [2.05, 4.69) is 0 Å². The second-order valence-electron chi connectivity index (χ2n) is 4.62. The number of allylic oxidation sites excluding steroid dienone is 2. The van der Waals surface area contributed by atoms with Crippen molar-refractivity contribution in [2.24, 2.45) is 0 Å². The smallest absolute Gasteiger partial charge is 0.328 e. The number of carboxylic acid groups (broad SMARTS) is 1. The fourth-order valence-corrected chi connectivity index (χ4v) is 1.99. The number of carbonyl (C=O) groups is 1. The Kier molecular flexibility index (Phi) is 4.93. The third kappa shape index (κ3) is 3.71. The van der Waals surface area contributed by atoms with E-state index in [1.807, 2.05) is 39.0 Å². The summed E-state index contributed by atoms with van der Waals surface area (Å²) in [6, 6.07) is 2.00. The number of aryl methyl sites for hydroxylation is 1. The third-order valence-corrected chi connectivity index (χ3v) is 3.19. The van der Waals surface area contributed by atoms with Crippen LogP contribution in [0.25, 0.3) is 6.08 Å². The summed E-state index contributed by atoms with van der Waals surface area (Å²) >= 11 is 0. The number of hydrogen-bond acceptors (Lipinski definition) is 2. The maximum absolute atomic E-state index is 10.6. The van der Waals surface area contributed by atoms with Gasteiger partial charge in [0.2, 0.25) is 0 Å². The molecule has 0 unspecified atom stereocenters. The normalized spacial score (nSPS) is 11.9. The van der Waals surface area contributed by atoms with Gasteiger partial charge in [0.05, 0.1) is 7.11 Å². The van der Waals surface area contributed by atoms with E-state index in [0.29, 0.717) is 5.57 Å². The predicted octanol–water partition coefficient (Wildman–Crippen LogP) is 3.66. The monoisotopic (exact) mass is 260 g/mol. The first-order valence-electron chi connectivity index (χ1n) is 6.11. The van der Waals surface area contributed by atoms with Crippen LogP contribution in [0.15, 0.2) is 23.8 Å². The molecule has 0 aliphatic rings. The molecule has 0 aliphatic heterocycles. The van der Waals surface area contributed by atoms with Crippen molar-refractivity contribution >= 4 is 12.0 Å². The van der Waals surface area contributed by atoms with Gasteiger partial charge in [0.25, 0.3) is 0 Å². The SMILES string of the molecule is COc1cc(C)c(/C=C/C(C)=C\C(=O)O)c(C)c1C. The van der Waals surface area contributed by atoms with Gasteiger partial charge in [0, 0.05) is 6.08 Å². The number of carboxylic acids is 1. The summed E-state index contributed by atoms with van der Waals surface area (Å²) < 4.78 is 5.33. The molecule has 0 heterocycles. The van der Waals surface area contributed by atoms with Crippen LogP contribution in [0.4, 0.5) is 0 Å². The first-order chi connectivity index (χ1) is 8.86. The zero-order valence-corrected chi connectivity index (χ0v) is 12.1. The second-order valence-corrected chi connectivity index (χ2v) is 4.62. The van der Waals surface area contributed by atoms with E-state index in [1.165, 1.54) is 6.08 Å². The standard InChI is InChI=1S/C16H20O3/c1-10(8-16(17)18)6-7-14-11(2)9-15(19-5)13(4)12(14)3/h6-9H,1-5H3,(H,17,18)/b7-6+,10-8-. The highest BCUT2D eigenvalue weighted by Crippen LogP contribution is 2.28. The molecule has 102 valence electrons. The molecule has 0 spiro atoms. The van der Waals surface area contributed by atoms with Gasteiger partial charge in [-0.05, 0) is 61.6 Å². The minimum absolute atomic E-state index is 0.708. The third-order valence-electron chi connectivity index (χ3n) is 3.19. The summed E-state index contributed by atoms with van der Waals surface area (Å²) in [7, 11) is 1.66. The summed E-state index contributed by atoms with van der Waals surface area (Å²) in [5, 5.41) is 8.68. The number of ether oxygens (including phenoxy) is 1. The average molecular weight is 260 g/mol. The molecule has 0 aromatic heterocycles. The molecule has 3 nitrogen and oxygen atoms in total. The van der Waals surface area contributed by atoms with Crippen LogP contribution in [0.2, 0.25) is 0 Å². The quantitative estimate of drug-likeness (QED) is 0.663. The van der Waals surface area contributed by atoms with E-state index in [-0.39, 0.29) is 0 Å². The average Bonchev–Trinajstić information content (AvgIpc) is 2.32. The Bertz CT molecular complexity index is 552. The molecule has 0 saturated heterocycles. The number of hydrogen-bond donors (Lipinski definition) is 1. The second kappa shape index (κ2) is 6.23. The van der Waals surface area contributed by atoms with Crippen molar-refractivity contribution in [3.8, 4) is 5.75 Å². The van der Waals surface area contributed by atoms with Crippen LogP contribution in [0.5, 0.6) is 5.75 Å². The molecule has 0 aliphatic carbocycles. The van der Waals surface area contributed by atoms with Crippen molar-refractivity contribution < 1.29 is 14.6 Å². The molecule has 0 atom stereocenters. The van der Waals surface area contributed by atoms with Crippen molar-refractivity contribution in [3.05, 3.63) is 46.0 Å². The molecule has 0 fully saturated rings. The molecule has 1 rings (SSSR count). The van der Waals surface area contributed by atoms with E-state index < -0.39 is 5.97 Å². The Morgan fingerprint density at radius 2 is 1.89 bits per heavy atom. The molecule has 19 heavy (non-hydrogen) atoms. The lowest BCUT2D eigenvalue weighted by atomic mass is 9.96. The van der Waals surface area contributed by atoms with Gasteiger partial charge in [-0.3, -0.25) is 0 Å². The lowest BCUT2D eigenvalue weighted by molar-refractivity contribution is -0.131. The molecule has 1 N–H and O–H groups in total. The van der Waals surface area contributed by atoms with Crippen molar-refractivity contribution in [3.63, 3.8) is 0 Å². The Hall–Kier alpha value is -2.03. The van der Waals surface area contributed by atoms with E-state index >= 15 is 0 Å². The predicted molar refractivity (Wildman–Crippen MR) is 77.6 cm³/mol. The Morgan fingerprint density at radius 3 is 2.42 bits per heavy atom. The molecule has 1 aromatic carbocycles. The molecule has 0 saturated carbocycles. The highest BCUT2D eigenvalue weighted by molar-refractivity contribution is 5.81. The van der Waals surface area contributed by atoms with Crippen LogP contribution in [-0.2, 0) is 4.79 Å². The number of benzene rings is 1. The van der Waals surface area contributed by atoms with Crippen LogP contribution >= 0.6 is 0 Å². The van der Waals surface area contributed by atoms with Gasteiger partial charge in [0.1, 0.15) is 5.75 Å². The Labute approximate surface area is 114 Å². The van der Waals surface area contributed by atoms with E-state index in [4.69, 9.17) is 9.84 Å². The fourth-order valence-electron chi connectivity index (χ4n) is 1.99. The zero-order valence-electron chi connectivity index (χ0n) is 12.1. The van der Waals surface area contributed by atoms with Crippen LogP contribution < -0.4 is 4.74 Å². The highest BCUT2D eigenvalue weighted by atomic mass is 16.5. The lowest BCUT2D eigenvalue weighted by Crippen LogP contribution is -1.96. The van der Waals surface area contributed by atoms with Gasteiger partial charge < -0.3 is 9.84 Å². The summed E-state index contributed by atoms with van der Waals surface area (Å²) in [6.45, 7) is 7.85. The van der Waals surface area contributed by atoms with E-state index in [0.717, 1.165) is 28.0 Å². The minimum Gasteiger partial charge on any atom is -0.496 e. The minimum atomic E-state index is -0.929. The number of rotatable bonds is 4. The molecule has 0 amide bonds. The van der Waals surface area contributed by atoms with Crippen molar-refractivity contribution in [2.75, 3.05) is 7.11 Å². The van der Waals surface area contributed by atoms with E-state index in [9.17, 15) is 4.79 Å². The Balaban J connectivity index is 3.19. The van der Waals surface area contributed by atoms with Crippen LogP contribution in [0.3, 0.4) is 0 Å². The van der Waals surface area contributed by atoms with Crippen LogP contribution in [0.1, 0.15) is 29.2 Å². The number of aliphatic carboxylic acids is 1. The van der Waals surface area contributed by atoms with Crippen molar-refractivity contribution in [1.29, 1.82) is 0 Å². The maximum Gasteiger partial charge on any atom is 0.328 e. The molecular formula is C16H20O3. The summed E-state index contributed by atoms with van der Waals surface area (Å²) in [4.78, 5) is 10.6.